The Balaban J connectivity index is 2.13. The van der Waals surface area contributed by atoms with E-state index in [2.05, 4.69) is 31.0 Å². The van der Waals surface area contributed by atoms with Gasteiger partial charge in [0.1, 0.15) is 5.78 Å². The van der Waals surface area contributed by atoms with E-state index in [1.54, 1.807) is 29.7 Å². The predicted octanol–water partition coefficient (Wildman–Crippen LogP) is 5.62. The summed E-state index contributed by atoms with van der Waals surface area (Å²) >= 11 is 7.52. The summed E-state index contributed by atoms with van der Waals surface area (Å²) in [4.78, 5) is 29.3. The zero-order chi connectivity index (χ0) is 20.3. The maximum atomic E-state index is 13.3. The SMILES string of the molecule is CC[C@H](C)c1ccc(-n2c(SCCC(C)=O)nc3ccc(Cl)cc3c2=O)cc1. The molecule has 1 aromatic heterocycles. The summed E-state index contributed by atoms with van der Waals surface area (Å²) in [6.45, 7) is 5.91. The molecule has 0 saturated heterocycles. The summed E-state index contributed by atoms with van der Waals surface area (Å²) in [6, 6.07) is 13.2. The number of hydrogen-bond acceptors (Lipinski definition) is 4. The van der Waals surface area contributed by atoms with E-state index in [1.807, 2.05) is 12.1 Å². The van der Waals surface area contributed by atoms with Crippen molar-refractivity contribution in [3.8, 4) is 5.69 Å². The van der Waals surface area contributed by atoms with Crippen LogP contribution in [0.15, 0.2) is 52.4 Å². The molecule has 28 heavy (non-hydrogen) atoms. The lowest BCUT2D eigenvalue weighted by Crippen LogP contribution is -2.22. The van der Waals surface area contributed by atoms with Crippen LogP contribution in [0.25, 0.3) is 16.6 Å². The molecule has 0 unspecified atom stereocenters. The number of carbonyl (C=O) groups is 1. The minimum Gasteiger partial charge on any atom is -0.300 e. The number of ketones is 1. The van der Waals surface area contributed by atoms with Gasteiger partial charge in [-0.1, -0.05) is 49.3 Å². The monoisotopic (exact) mass is 414 g/mol. The van der Waals surface area contributed by atoms with Crippen molar-refractivity contribution in [3.63, 3.8) is 0 Å². The third kappa shape index (κ3) is 4.47. The summed E-state index contributed by atoms with van der Waals surface area (Å²) in [5, 5.41) is 1.56. The van der Waals surface area contributed by atoms with Gasteiger partial charge in [0.25, 0.3) is 5.56 Å². The molecule has 0 fully saturated rings. The van der Waals surface area contributed by atoms with Gasteiger partial charge in [-0.2, -0.15) is 0 Å². The third-order valence-corrected chi connectivity index (χ3v) is 5.99. The van der Waals surface area contributed by atoms with Crippen LogP contribution in [0.5, 0.6) is 0 Å². The molecule has 3 aromatic rings. The largest absolute Gasteiger partial charge is 0.300 e. The van der Waals surface area contributed by atoms with Gasteiger partial charge in [-0.3, -0.25) is 14.2 Å². The van der Waals surface area contributed by atoms with Crippen molar-refractivity contribution in [2.24, 2.45) is 0 Å². The van der Waals surface area contributed by atoms with E-state index in [0.717, 1.165) is 12.1 Å². The number of carbonyl (C=O) groups excluding carboxylic acids is 1. The third-order valence-electron chi connectivity index (χ3n) is 4.82. The van der Waals surface area contributed by atoms with E-state index < -0.39 is 0 Å². The van der Waals surface area contributed by atoms with E-state index in [1.165, 1.54) is 17.3 Å². The van der Waals surface area contributed by atoms with Gasteiger partial charge in [0.15, 0.2) is 5.16 Å². The van der Waals surface area contributed by atoms with Crippen molar-refractivity contribution < 1.29 is 4.79 Å². The molecule has 0 spiro atoms. The lowest BCUT2D eigenvalue weighted by Gasteiger charge is -2.15. The molecule has 6 heteroatoms. The summed E-state index contributed by atoms with van der Waals surface area (Å²) in [5.41, 5.74) is 2.44. The number of halogens is 1. The molecule has 0 aliphatic rings. The van der Waals surface area contributed by atoms with Crippen molar-refractivity contribution in [1.82, 2.24) is 9.55 Å². The maximum absolute atomic E-state index is 13.3. The number of thioether (sulfide) groups is 1. The summed E-state index contributed by atoms with van der Waals surface area (Å²) in [6.07, 6.45) is 1.49. The average molecular weight is 415 g/mol. The lowest BCUT2D eigenvalue weighted by atomic mass is 9.98. The Morgan fingerprint density at radius 2 is 1.93 bits per heavy atom. The Hall–Kier alpha value is -2.11. The van der Waals surface area contributed by atoms with Crippen LogP contribution in [-0.2, 0) is 4.79 Å². The van der Waals surface area contributed by atoms with E-state index in [-0.39, 0.29) is 11.3 Å². The summed E-state index contributed by atoms with van der Waals surface area (Å²) in [5.74, 6) is 1.15. The highest BCUT2D eigenvalue weighted by molar-refractivity contribution is 7.99. The zero-order valence-corrected chi connectivity index (χ0v) is 17.8. The molecule has 146 valence electrons. The average Bonchev–Trinajstić information content (AvgIpc) is 2.68. The Labute approximate surface area is 173 Å². The van der Waals surface area contributed by atoms with Crippen LogP contribution in [0.3, 0.4) is 0 Å². The van der Waals surface area contributed by atoms with Gasteiger partial charge in [0, 0.05) is 17.2 Å². The van der Waals surface area contributed by atoms with E-state index in [0.29, 0.717) is 39.2 Å². The van der Waals surface area contributed by atoms with E-state index >= 15 is 0 Å². The summed E-state index contributed by atoms with van der Waals surface area (Å²) < 4.78 is 1.61. The quantitative estimate of drug-likeness (QED) is 0.371. The standard InChI is InChI=1S/C22H23ClN2O2S/c1-4-14(2)16-5-8-18(9-6-16)25-21(27)19-13-17(23)7-10-20(19)24-22(25)28-12-11-15(3)26/h5-10,13-14H,4,11-12H2,1-3H3/t14-/m0/s1. The lowest BCUT2D eigenvalue weighted by molar-refractivity contribution is -0.116. The van der Waals surface area contributed by atoms with Crippen LogP contribution >= 0.6 is 23.4 Å². The molecule has 0 aliphatic heterocycles. The Morgan fingerprint density at radius 3 is 2.57 bits per heavy atom. The first-order valence-electron chi connectivity index (χ1n) is 9.35. The fourth-order valence-corrected chi connectivity index (χ4v) is 4.16. The van der Waals surface area contributed by atoms with Crippen LogP contribution in [0.4, 0.5) is 0 Å². The molecule has 1 atom stereocenters. The second-order valence-electron chi connectivity index (χ2n) is 6.90. The Morgan fingerprint density at radius 1 is 1.21 bits per heavy atom. The van der Waals surface area contributed by atoms with Crippen LogP contribution in [0.1, 0.15) is 45.1 Å². The number of nitrogens with zero attached hydrogens (tertiary/aromatic N) is 2. The molecule has 0 bridgehead atoms. The van der Waals surface area contributed by atoms with Crippen molar-refractivity contribution in [1.29, 1.82) is 0 Å². The minimum absolute atomic E-state index is 0.117. The van der Waals surface area contributed by atoms with Crippen molar-refractivity contribution in [2.75, 3.05) is 5.75 Å². The Bertz CT molecular complexity index is 1060. The molecule has 0 saturated carbocycles. The van der Waals surface area contributed by atoms with Gasteiger partial charge < -0.3 is 0 Å². The second kappa shape index (κ2) is 8.93. The first-order chi connectivity index (χ1) is 13.4. The highest BCUT2D eigenvalue weighted by Gasteiger charge is 2.14. The van der Waals surface area contributed by atoms with Gasteiger partial charge in [0.05, 0.1) is 16.6 Å². The number of aromatic nitrogens is 2. The zero-order valence-electron chi connectivity index (χ0n) is 16.2. The van der Waals surface area contributed by atoms with Crippen molar-refractivity contribution in [3.05, 3.63) is 63.4 Å². The molecule has 0 N–H and O–H groups in total. The normalized spacial score (nSPS) is 12.3. The molecule has 0 radical (unpaired) electrons. The maximum Gasteiger partial charge on any atom is 0.266 e. The first-order valence-corrected chi connectivity index (χ1v) is 10.7. The van der Waals surface area contributed by atoms with E-state index in [4.69, 9.17) is 11.6 Å². The van der Waals surface area contributed by atoms with Crippen molar-refractivity contribution >= 4 is 40.0 Å². The highest BCUT2D eigenvalue weighted by Crippen LogP contribution is 2.25. The minimum atomic E-state index is -0.158. The highest BCUT2D eigenvalue weighted by atomic mass is 35.5. The number of benzene rings is 2. The topological polar surface area (TPSA) is 52.0 Å². The molecule has 2 aromatic carbocycles. The van der Waals surface area contributed by atoms with Crippen LogP contribution in [-0.4, -0.2) is 21.1 Å². The molecule has 4 nitrogen and oxygen atoms in total. The van der Waals surface area contributed by atoms with Crippen LogP contribution in [0, 0.1) is 0 Å². The number of Topliss-reactive ketones (excluding diaryl/α,β-unsaturated/α-hetero) is 1. The van der Waals surface area contributed by atoms with E-state index in [9.17, 15) is 9.59 Å². The van der Waals surface area contributed by atoms with Gasteiger partial charge >= 0.3 is 0 Å². The van der Waals surface area contributed by atoms with Crippen molar-refractivity contribution in [2.45, 2.75) is 44.7 Å². The second-order valence-corrected chi connectivity index (χ2v) is 8.40. The smallest absolute Gasteiger partial charge is 0.266 e. The summed E-state index contributed by atoms with van der Waals surface area (Å²) in [7, 11) is 0. The van der Waals surface area contributed by atoms with Gasteiger partial charge in [-0.15, -0.1) is 0 Å². The Kier molecular flexibility index (Phi) is 6.57. The van der Waals surface area contributed by atoms with Crippen LogP contribution in [0.2, 0.25) is 5.02 Å². The molecular weight excluding hydrogens is 392 g/mol. The fraction of sp³-hybridized carbons (Fsp3) is 0.318. The van der Waals surface area contributed by atoms with Crippen LogP contribution < -0.4 is 5.56 Å². The molecule has 0 aliphatic carbocycles. The first kappa shape index (κ1) is 20.6. The number of fused-ring (bicyclic) bond motifs is 1. The van der Waals surface area contributed by atoms with Gasteiger partial charge in [-0.05, 0) is 55.2 Å². The van der Waals surface area contributed by atoms with Gasteiger partial charge in [0.2, 0.25) is 0 Å². The predicted molar refractivity (Wildman–Crippen MR) is 117 cm³/mol. The molecular formula is C22H23ClN2O2S. The molecule has 1 heterocycles. The fourth-order valence-electron chi connectivity index (χ4n) is 2.94. The number of hydrogen-bond donors (Lipinski definition) is 0. The molecule has 3 rings (SSSR count). The number of rotatable bonds is 7. The van der Waals surface area contributed by atoms with Gasteiger partial charge in [-0.25, -0.2) is 4.98 Å². The molecule has 0 amide bonds.